The lowest BCUT2D eigenvalue weighted by atomic mass is 10.0. The SMILES string of the molecule is COc1ccc(C)cc1C(=O)c1sccc1C. The Morgan fingerprint density at radius 3 is 2.59 bits per heavy atom. The molecule has 1 aromatic heterocycles. The van der Waals surface area contributed by atoms with Crippen molar-refractivity contribution in [2.45, 2.75) is 13.8 Å². The van der Waals surface area contributed by atoms with Gasteiger partial charge in [-0.25, -0.2) is 0 Å². The molecule has 0 radical (unpaired) electrons. The number of ether oxygens (including phenoxy) is 1. The molecule has 1 aromatic carbocycles. The van der Waals surface area contributed by atoms with Crippen molar-refractivity contribution in [1.82, 2.24) is 0 Å². The van der Waals surface area contributed by atoms with E-state index in [1.54, 1.807) is 7.11 Å². The number of carbonyl (C=O) groups is 1. The van der Waals surface area contributed by atoms with Crippen molar-refractivity contribution in [1.29, 1.82) is 0 Å². The zero-order valence-corrected chi connectivity index (χ0v) is 10.9. The van der Waals surface area contributed by atoms with Crippen molar-refractivity contribution < 1.29 is 9.53 Å². The Hall–Kier alpha value is -1.61. The van der Waals surface area contributed by atoms with Gasteiger partial charge in [0.2, 0.25) is 5.78 Å². The largest absolute Gasteiger partial charge is 0.496 e. The molecule has 0 spiro atoms. The molecule has 0 saturated heterocycles. The van der Waals surface area contributed by atoms with Crippen LogP contribution in [0.1, 0.15) is 26.4 Å². The molecule has 2 aromatic rings. The van der Waals surface area contributed by atoms with Gasteiger partial charge in [-0.3, -0.25) is 4.79 Å². The number of hydrogen-bond acceptors (Lipinski definition) is 3. The number of aryl methyl sites for hydroxylation is 2. The summed E-state index contributed by atoms with van der Waals surface area (Å²) in [4.78, 5) is 13.2. The second-order valence-corrected chi connectivity index (χ2v) is 4.88. The number of benzene rings is 1. The molecule has 1 heterocycles. The summed E-state index contributed by atoms with van der Waals surface area (Å²) in [7, 11) is 1.59. The normalized spacial score (nSPS) is 10.3. The summed E-state index contributed by atoms with van der Waals surface area (Å²) in [6.45, 7) is 3.92. The standard InChI is InChI=1S/C14H14O2S/c1-9-4-5-12(16-3)11(8-9)13(15)14-10(2)6-7-17-14/h4-8H,1-3H3. The first-order valence-electron chi connectivity index (χ1n) is 5.37. The van der Waals surface area contributed by atoms with Gasteiger partial charge in [0.1, 0.15) is 5.75 Å². The number of carbonyl (C=O) groups excluding carboxylic acids is 1. The van der Waals surface area contributed by atoms with E-state index in [1.807, 2.05) is 43.5 Å². The molecule has 0 unspecified atom stereocenters. The van der Waals surface area contributed by atoms with E-state index in [1.165, 1.54) is 11.3 Å². The first kappa shape index (κ1) is 11.9. The van der Waals surface area contributed by atoms with Crippen LogP contribution in [0, 0.1) is 13.8 Å². The van der Waals surface area contributed by atoms with E-state index in [2.05, 4.69) is 0 Å². The summed E-state index contributed by atoms with van der Waals surface area (Å²) < 4.78 is 5.24. The molecule has 2 rings (SSSR count). The summed E-state index contributed by atoms with van der Waals surface area (Å²) in [6, 6.07) is 7.61. The second-order valence-electron chi connectivity index (χ2n) is 3.97. The number of methoxy groups -OCH3 is 1. The minimum atomic E-state index is 0.0399. The molecule has 0 bridgehead atoms. The Bertz CT molecular complexity index is 555. The maximum absolute atomic E-state index is 12.4. The number of hydrogen-bond donors (Lipinski definition) is 0. The number of thiophene rings is 1. The summed E-state index contributed by atoms with van der Waals surface area (Å²) in [5.74, 6) is 0.673. The van der Waals surface area contributed by atoms with Gasteiger partial charge >= 0.3 is 0 Å². The van der Waals surface area contributed by atoms with Crippen LogP contribution < -0.4 is 4.74 Å². The highest BCUT2D eigenvalue weighted by molar-refractivity contribution is 7.12. The van der Waals surface area contributed by atoms with Crippen molar-refractivity contribution in [2.24, 2.45) is 0 Å². The minimum absolute atomic E-state index is 0.0399. The molecule has 0 aliphatic carbocycles. The van der Waals surface area contributed by atoms with Crippen molar-refractivity contribution in [3.8, 4) is 5.75 Å². The van der Waals surface area contributed by atoms with Gasteiger partial charge in [-0.05, 0) is 43.0 Å². The molecule has 3 heteroatoms. The second kappa shape index (κ2) is 4.72. The molecular formula is C14H14O2S. The Balaban J connectivity index is 2.50. The molecule has 0 aliphatic rings. The van der Waals surface area contributed by atoms with Crippen LogP contribution in [-0.4, -0.2) is 12.9 Å². The molecule has 0 atom stereocenters. The van der Waals surface area contributed by atoms with Crippen molar-refractivity contribution in [3.05, 3.63) is 51.2 Å². The van der Waals surface area contributed by atoms with Gasteiger partial charge in [0.05, 0.1) is 17.6 Å². The van der Waals surface area contributed by atoms with Crippen LogP contribution in [0.4, 0.5) is 0 Å². The predicted molar refractivity (Wildman–Crippen MR) is 70.2 cm³/mol. The fourth-order valence-electron chi connectivity index (χ4n) is 1.73. The molecule has 0 amide bonds. The number of ketones is 1. The zero-order valence-electron chi connectivity index (χ0n) is 10.1. The van der Waals surface area contributed by atoms with Crippen molar-refractivity contribution in [3.63, 3.8) is 0 Å². The third-order valence-corrected chi connectivity index (χ3v) is 3.68. The molecule has 17 heavy (non-hydrogen) atoms. The monoisotopic (exact) mass is 246 g/mol. The van der Waals surface area contributed by atoms with Crippen LogP contribution >= 0.6 is 11.3 Å². The van der Waals surface area contributed by atoms with E-state index in [-0.39, 0.29) is 5.78 Å². The molecule has 0 fully saturated rings. The molecule has 0 saturated carbocycles. The smallest absolute Gasteiger partial charge is 0.206 e. The van der Waals surface area contributed by atoms with Crippen molar-refractivity contribution in [2.75, 3.05) is 7.11 Å². The highest BCUT2D eigenvalue weighted by Crippen LogP contribution is 2.26. The Labute approximate surface area is 105 Å². The van der Waals surface area contributed by atoms with Gasteiger partial charge in [0, 0.05) is 0 Å². The predicted octanol–water partition coefficient (Wildman–Crippen LogP) is 3.60. The van der Waals surface area contributed by atoms with Crippen LogP contribution in [-0.2, 0) is 0 Å². The van der Waals surface area contributed by atoms with E-state index in [4.69, 9.17) is 4.74 Å². The van der Waals surface area contributed by atoms with Gasteiger partial charge in [-0.15, -0.1) is 11.3 Å². The fourth-order valence-corrected chi connectivity index (χ4v) is 2.61. The molecular weight excluding hydrogens is 232 g/mol. The summed E-state index contributed by atoms with van der Waals surface area (Å²) >= 11 is 1.47. The third kappa shape index (κ3) is 2.24. The highest BCUT2D eigenvalue weighted by atomic mass is 32.1. The van der Waals surface area contributed by atoms with Crippen LogP contribution in [0.3, 0.4) is 0 Å². The van der Waals surface area contributed by atoms with E-state index < -0.39 is 0 Å². The Kier molecular flexibility index (Phi) is 3.29. The fraction of sp³-hybridized carbons (Fsp3) is 0.214. The van der Waals surface area contributed by atoms with Gasteiger partial charge in [-0.1, -0.05) is 11.6 Å². The Morgan fingerprint density at radius 2 is 2.00 bits per heavy atom. The molecule has 88 valence electrons. The molecule has 2 nitrogen and oxygen atoms in total. The van der Waals surface area contributed by atoms with E-state index >= 15 is 0 Å². The van der Waals surface area contributed by atoms with Crippen LogP contribution in [0.15, 0.2) is 29.6 Å². The first-order valence-corrected chi connectivity index (χ1v) is 6.25. The summed E-state index contributed by atoms with van der Waals surface area (Å²) in [6.07, 6.45) is 0. The lowest BCUT2D eigenvalue weighted by Crippen LogP contribution is -2.03. The summed E-state index contributed by atoms with van der Waals surface area (Å²) in [5, 5.41) is 1.94. The summed E-state index contributed by atoms with van der Waals surface area (Å²) in [5.41, 5.74) is 2.71. The van der Waals surface area contributed by atoms with E-state index in [0.29, 0.717) is 11.3 Å². The van der Waals surface area contributed by atoms with E-state index in [9.17, 15) is 4.79 Å². The first-order chi connectivity index (χ1) is 8.13. The highest BCUT2D eigenvalue weighted by Gasteiger charge is 2.17. The van der Waals surface area contributed by atoms with Crippen LogP contribution in [0.2, 0.25) is 0 Å². The third-order valence-electron chi connectivity index (χ3n) is 2.67. The van der Waals surface area contributed by atoms with Gasteiger partial charge < -0.3 is 4.74 Å². The van der Waals surface area contributed by atoms with Gasteiger partial charge in [0.15, 0.2) is 0 Å². The number of rotatable bonds is 3. The quantitative estimate of drug-likeness (QED) is 0.773. The average molecular weight is 246 g/mol. The maximum Gasteiger partial charge on any atom is 0.206 e. The van der Waals surface area contributed by atoms with E-state index in [0.717, 1.165) is 16.0 Å². The van der Waals surface area contributed by atoms with Gasteiger partial charge in [0.25, 0.3) is 0 Å². The topological polar surface area (TPSA) is 26.3 Å². The van der Waals surface area contributed by atoms with Crippen LogP contribution in [0.25, 0.3) is 0 Å². The molecule has 0 aliphatic heterocycles. The minimum Gasteiger partial charge on any atom is -0.496 e. The maximum atomic E-state index is 12.4. The van der Waals surface area contributed by atoms with Crippen molar-refractivity contribution >= 4 is 17.1 Å². The Morgan fingerprint density at radius 1 is 1.24 bits per heavy atom. The zero-order chi connectivity index (χ0) is 12.4. The van der Waals surface area contributed by atoms with Crippen LogP contribution in [0.5, 0.6) is 5.75 Å². The lowest BCUT2D eigenvalue weighted by molar-refractivity contribution is 0.103. The van der Waals surface area contributed by atoms with Gasteiger partial charge in [-0.2, -0.15) is 0 Å². The molecule has 0 N–H and O–H groups in total. The average Bonchev–Trinajstić information content (AvgIpc) is 2.74. The lowest BCUT2D eigenvalue weighted by Gasteiger charge is -2.08.